The number of amides is 1. The Morgan fingerprint density at radius 2 is 2.32 bits per heavy atom. The monoisotopic (exact) mass is 268 g/mol. The maximum atomic E-state index is 12.5. The van der Waals surface area contributed by atoms with Crippen LogP contribution in [-0.4, -0.2) is 38.3 Å². The first-order chi connectivity index (χ1) is 9.22. The van der Waals surface area contributed by atoms with Crippen LogP contribution in [-0.2, 0) is 9.53 Å². The van der Waals surface area contributed by atoms with E-state index in [9.17, 15) is 4.79 Å². The van der Waals surface area contributed by atoms with Gasteiger partial charge in [0.15, 0.2) is 0 Å². The van der Waals surface area contributed by atoms with Crippen molar-refractivity contribution in [1.29, 1.82) is 0 Å². The smallest absolute Gasteiger partial charge is 0.227 e. The molecule has 2 aliphatic heterocycles. The minimum atomic E-state index is -0.181. The molecule has 0 aliphatic carbocycles. The SMILES string of the molecule is CCC1OCCC1CNC(=O)C1(CC)CCCNC1. The van der Waals surface area contributed by atoms with Gasteiger partial charge in [0.05, 0.1) is 11.5 Å². The number of hydrogen-bond acceptors (Lipinski definition) is 3. The number of carbonyl (C=O) groups excluding carboxylic acids is 1. The molecule has 2 N–H and O–H groups in total. The van der Waals surface area contributed by atoms with Crippen LogP contribution in [0.4, 0.5) is 0 Å². The van der Waals surface area contributed by atoms with Gasteiger partial charge in [0.2, 0.25) is 5.91 Å². The summed E-state index contributed by atoms with van der Waals surface area (Å²) in [6.45, 7) is 7.78. The fourth-order valence-electron chi connectivity index (χ4n) is 3.41. The molecule has 1 amide bonds. The summed E-state index contributed by atoms with van der Waals surface area (Å²) in [5.74, 6) is 0.739. The van der Waals surface area contributed by atoms with E-state index in [4.69, 9.17) is 4.74 Å². The molecule has 2 rings (SSSR count). The lowest BCUT2D eigenvalue weighted by molar-refractivity contribution is -0.132. The molecular formula is C15H28N2O2. The highest BCUT2D eigenvalue weighted by Gasteiger charge is 2.38. The van der Waals surface area contributed by atoms with Crippen LogP contribution >= 0.6 is 0 Å². The van der Waals surface area contributed by atoms with Crippen LogP contribution in [0.3, 0.4) is 0 Å². The van der Waals surface area contributed by atoms with E-state index < -0.39 is 0 Å². The van der Waals surface area contributed by atoms with E-state index in [0.717, 1.165) is 58.3 Å². The van der Waals surface area contributed by atoms with Gasteiger partial charge in [0, 0.05) is 25.6 Å². The lowest BCUT2D eigenvalue weighted by Gasteiger charge is -2.35. The van der Waals surface area contributed by atoms with Gasteiger partial charge >= 0.3 is 0 Å². The Balaban J connectivity index is 1.85. The quantitative estimate of drug-likeness (QED) is 0.798. The van der Waals surface area contributed by atoms with Gasteiger partial charge in [-0.15, -0.1) is 0 Å². The average molecular weight is 268 g/mol. The second-order valence-electron chi connectivity index (χ2n) is 5.99. The van der Waals surface area contributed by atoms with E-state index >= 15 is 0 Å². The summed E-state index contributed by atoms with van der Waals surface area (Å²) < 4.78 is 5.68. The minimum Gasteiger partial charge on any atom is -0.378 e. The molecule has 0 spiro atoms. The second-order valence-corrected chi connectivity index (χ2v) is 5.99. The highest BCUT2D eigenvalue weighted by Crippen LogP contribution is 2.30. The summed E-state index contributed by atoms with van der Waals surface area (Å²) in [5, 5.41) is 6.56. The predicted molar refractivity (Wildman–Crippen MR) is 76.0 cm³/mol. The highest BCUT2D eigenvalue weighted by atomic mass is 16.5. The molecule has 110 valence electrons. The van der Waals surface area contributed by atoms with Crippen molar-refractivity contribution >= 4 is 5.91 Å². The van der Waals surface area contributed by atoms with Gasteiger partial charge in [-0.3, -0.25) is 4.79 Å². The van der Waals surface area contributed by atoms with Gasteiger partial charge in [0.25, 0.3) is 0 Å². The zero-order valence-electron chi connectivity index (χ0n) is 12.3. The Labute approximate surface area is 116 Å². The van der Waals surface area contributed by atoms with E-state index in [1.165, 1.54) is 0 Å². The van der Waals surface area contributed by atoms with Crippen molar-refractivity contribution in [1.82, 2.24) is 10.6 Å². The molecule has 2 aliphatic rings. The molecule has 4 nitrogen and oxygen atoms in total. The number of ether oxygens (including phenoxy) is 1. The third-order valence-corrected chi connectivity index (χ3v) is 4.90. The van der Waals surface area contributed by atoms with Crippen molar-refractivity contribution in [3.63, 3.8) is 0 Å². The summed E-state index contributed by atoms with van der Waals surface area (Å²) in [5.41, 5.74) is -0.181. The molecule has 0 bridgehead atoms. The van der Waals surface area contributed by atoms with Crippen LogP contribution in [0.5, 0.6) is 0 Å². The van der Waals surface area contributed by atoms with Crippen LogP contribution in [0.15, 0.2) is 0 Å². The zero-order chi connectivity index (χ0) is 13.7. The molecular weight excluding hydrogens is 240 g/mol. The van der Waals surface area contributed by atoms with Crippen LogP contribution in [0, 0.1) is 11.3 Å². The summed E-state index contributed by atoms with van der Waals surface area (Å²) in [4.78, 5) is 12.5. The Kier molecular flexibility index (Phi) is 5.22. The first-order valence-corrected chi connectivity index (χ1v) is 7.82. The van der Waals surface area contributed by atoms with Gasteiger partial charge < -0.3 is 15.4 Å². The van der Waals surface area contributed by atoms with Crippen LogP contribution in [0.25, 0.3) is 0 Å². The van der Waals surface area contributed by atoms with Crippen molar-refractivity contribution in [3.8, 4) is 0 Å². The molecule has 19 heavy (non-hydrogen) atoms. The van der Waals surface area contributed by atoms with Crippen molar-refractivity contribution in [2.45, 2.75) is 52.1 Å². The van der Waals surface area contributed by atoms with Crippen LogP contribution < -0.4 is 10.6 Å². The fourth-order valence-corrected chi connectivity index (χ4v) is 3.41. The van der Waals surface area contributed by atoms with E-state index in [1.54, 1.807) is 0 Å². The van der Waals surface area contributed by atoms with Gasteiger partial charge in [-0.1, -0.05) is 13.8 Å². The van der Waals surface area contributed by atoms with E-state index in [0.29, 0.717) is 12.0 Å². The Bertz CT molecular complexity index is 301. The maximum Gasteiger partial charge on any atom is 0.227 e. The second kappa shape index (κ2) is 6.71. The van der Waals surface area contributed by atoms with E-state index in [1.807, 2.05) is 0 Å². The van der Waals surface area contributed by atoms with Crippen molar-refractivity contribution in [3.05, 3.63) is 0 Å². The summed E-state index contributed by atoms with van der Waals surface area (Å²) >= 11 is 0. The largest absolute Gasteiger partial charge is 0.378 e. The molecule has 0 aromatic rings. The average Bonchev–Trinajstić information content (AvgIpc) is 2.92. The van der Waals surface area contributed by atoms with E-state index in [-0.39, 0.29) is 11.3 Å². The summed E-state index contributed by atoms with van der Waals surface area (Å²) in [6, 6.07) is 0. The molecule has 2 heterocycles. The molecule has 2 fully saturated rings. The third kappa shape index (κ3) is 3.29. The summed E-state index contributed by atoms with van der Waals surface area (Å²) in [6.07, 6.45) is 5.50. The number of rotatable bonds is 5. The number of carbonyl (C=O) groups is 1. The standard InChI is InChI=1S/C15H28N2O2/c1-3-13-12(6-9-19-13)10-17-14(18)15(4-2)7-5-8-16-11-15/h12-13,16H,3-11H2,1-2H3,(H,17,18). The third-order valence-electron chi connectivity index (χ3n) is 4.90. The van der Waals surface area contributed by atoms with Crippen molar-refractivity contribution < 1.29 is 9.53 Å². The first kappa shape index (κ1) is 14.8. The number of nitrogens with one attached hydrogen (secondary N) is 2. The first-order valence-electron chi connectivity index (χ1n) is 7.82. The fraction of sp³-hybridized carbons (Fsp3) is 0.933. The molecule has 0 aromatic heterocycles. The van der Waals surface area contributed by atoms with Crippen molar-refractivity contribution in [2.24, 2.45) is 11.3 Å². The number of hydrogen-bond donors (Lipinski definition) is 2. The zero-order valence-corrected chi connectivity index (χ0v) is 12.3. The normalized spacial score (nSPS) is 35.3. The molecule has 4 heteroatoms. The minimum absolute atomic E-state index is 0.181. The van der Waals surface area contributed by atoms with Gasteiger partial charge in [-0.2, -0.15) is 0 Å². The van der Waals surface area contributed by atoms with E-state index in [2.05, 4.69) is 24.5 Å². The van der Waals surface area contributed by atoms with Gasteiger partial charge in [0.1, 0.15) is 0 Å². The molecule has 3 atom stereocenters. The van der Waals surface area contributed by atoms with Gasteiger partial charge in [-0.05, 0) is 38.6 Å². The summed E-state index contributed by atoms with van der Waals surface area (Å²) in [7, 11) is 0. The Morgan fingerprint density at radius 3 is 2.95 bits per heavy atom. The topological polar surface area (TPSA) is 50.4 Å². The van der Waals surface area contributed by atoms with Crippen LogP contribution in [0.2, 0.25) is 0 Å². The van der Waals surface area contributed by atoms with Crippen LogP contribution in [0.1, 0.15) is 46.0 Å². The lowest BCUT2D eigenvalue weighted by atomic mass is 9.77. The lowest BCUT2D eigenvalue weighted by Crippen LogP contribution is -2.51. The molecule has 0 aromatic carbocycles. The molecule has 2 saturated heterocycles. The molecule has 3 unspecified atom stereocenters. The molecule has 0 radical (unpaired) electrons. The Morgan fingerprint density at radius 1 is 1.47 bits per heavy atom. The maximum absolute atomic E-state index is 12.5. The Hall–Kier alpha value is -0.610. The number of piperidine rings is 1. The van der Waals surface area contributed by atoms with Crippen molar-refractivity contribution in [2.75, 3.05) is 26.2 Å². The van der Waals surface area contributed by atoms with Gasteiger partial charge in [-0.25, -0.2) is 0 Å². The predicted octanol–water partition coefficient (Wildman–Crippen LogP) is 1.70. The molecule has 0 saturated carbocycles. The highest BCUT2D eigenvalue weighted by molar-refractivity contribution is 5.83.